The van der Waals surface area contributed by atoms with Crippen LogP contribution in [-0.4, -0.2) is 42.2 Å². The summed E-state index contributed by atoms with van der Waals surface area (Å²) in [5.74, 6) is -0.687. The predicted octanol–water partition coefficient (Wildman–Crippen LogP) is 2.51. The van der Waals surface area contributed by atoms with Crippen molar-refractivity contribution in [2.45, 2.75) is 18.9 Å². The fourth-order valence-corrected chi connectivity index (χ4v) is 2.34. The number of rotatable bonds is 3. The van der Waals surface area contributed by atoms with Crippen LogP contribution in [0.4, 0.5) is 0 Å². The molecule has 1 aromatic rings. The van der Waals surface area contributed by atoms with Crippen LogP contribution >= 0.6 is 11.6 Å². The Kier molecular flexibility index (Phi) is 4.09. The van der Waals surface area contributed by atoms with Gasteiger partial charge in [-0.3, -0.25) is 0 Å². The first-order valence-electron chi connectivity index (χ1n) is 5.95. The van der Waals surface area contributed by atoms with E-state index in [4.69, 9.17) is 21.4 Å². The van der Waals surface area contributed by atoms with E-state index >= 15 is 0 Å². The van der Waals surface area contributed by atoms with Crippen LogP contribution in [0, 0.1) is 0 Å². The molecule has 98 valence electrons. The Morgan fingerprint density at radius 2 is 2.11 bits per heavy atom. The minimum atomic E-state index is -1.05. The number of carboxylic acid groups (broad SMARTS) is 1. The van der Waals surface area contributed by atoms with Crippen molar-refractivity contribution in [3.05, 3.63) is 28.8 Å². The van der Waals surface area contributed by atoms with Gasteiger partial charge >= 0.3 is 5.97 Å². The SMILES string of the molecule is CN1CCC(Oc2cccc(Cl)c2C(=O)O)CC1. The molecule has 5 heteroatoms. The minimum Gasteiger partial charge on any atom is -0.489 e. The summed E-state index contributed by atoms with van der Waals surface area (Å²) in [7, 11) is 2.07. The lowest BCUT2D eigenvalue weighted by Gasteiger charge is -2.29. The van der Waals surface area contributed by atoms with Gasteiger partial charge in [0.25, 0.3) is 0 Å². The Labute approximate surface area is 111 Å². The Morgan fingerprint density at radius 1 is 1.44 bits per heavy atom. The zero-order valence-corrected chi connectivity index (χ0v) is 11.0. The third kappa shape index (κ3) is 2.94. The summed E-state index contributed by atoms with van der Waals surface area (Å²) < 4.78 is 5.78. The van der Waals surface area contributed by atoms with Crippen molar-refractivity contribution in [1.29, 1.82) is 0 Å². The maximum absolute atomic E-state index is 11.2. The van der Waals surface area contributed by atoms with Gasteiger partial charge in [0.1, 0.15) is 17.4 Å². The van der Waals surface area contributed by atoms with E-state index in [1.165, 1.54) is 0 Å². The summed E-state index contributed by atoms with van der Waals surface area (Å²) >= 11 is 5.90. The summed E-state index contributed by atoms with van der Waals surface area (Å²) in [6.45, 7) is 1.93. The summed E-state index contributed by atoms with van der Waals surface area (Å²) in [6, 6.07) is 4.93. The third-order valence-corrected chi connectivity index (χ3v) is 3.46. The average molecular weight is 270 g/mol. The second kappa shape index (κ2) is 5.59. The van der Waals surface area contributed by atoms with E-state index < -0.39 is 5.97 Å². The second-order valence-electron chi connectivity index (χ2n) is 4.54. The monoisotopic (exact) mass is 269 g/mol. The number of halogens is 1. The fourth-order valence-electron chi connectivity index (χ4n) is 2.09. The predicted molar refractivity (Wildman–Crippen MR) is 69.6 cm³/mol. The lowest BCUT2D eigenvalue weighted by atomic mass is 10.1. The molecule has 0 amide bonds. The van der Waals surface area contributed by atoms with Gasteiger partial charge in [-0.1, -0.05) is 17.7 Å². The fraction of sp³-hybridized carbons (Fsp3) is 0.462. The Morgan fingerprint density at radius 3 is 2.72 bits per heavy atom. The number of aromatic carboxylic acids is 1. The van der Waals surface area contributed by atoms with Crippen LogP contribution in [0.2, 0.25) is 5.02 Å². The van der Waals surface area contributed by atoms with Crippen LogP contribution in [0.1, 0.15) is 23.2 Å². The van der Waals surface area contributed by atoms with E-state index in [0.29, 0.717) is 5.75 Å². The van der Waals surface area contributed by atoms with Gasteiger partial charge in [0.2, 0.25) is 0 Å². The van der Waals surface area contributed by atoms with Gasteiger partial charge in [0.05, 0.1) is 5.02 Å². The van der Waals surface area contributed by atoms with E-state index in [9.17, 15) is 4.79 Å². The zero-order valence-electron chi connectivity index (χ0n) is 10.2. The molecule has 1 aromatic carbocycles. The molecule has 0 radical (unpaired) electrons. The van der Waals surface area contributed by atoms with Crippen LogP contribution in [0.3, 0.4) is 0 Å². The number of benzene rings is 1. The lowest BCUT2D eigenvalue weighted by molar-refractivity contribution is 0.0681. The van der Waals surface area contributed by atoms with Gasteiger partial charge < -0.3 is 14.7 Å². The number of carbonyl (C=O) groups is 1. The first kappa shape index (κ1) is 13.2. The molecule has 1 saturated heterocycles. The van der Waals surface area contributed by atoms with Crippen molar-refractivity contribution >= 4 is 17.6 Å². The molecule has 1 N–H and O–H groups in total. The zero-order chi connectivity index (χ0) is 13.1. The van der Waals surface area contributed by atoms with Crippen LogP contribution in [0.15, 0.2) is 18.2 Å². The maximum atomic E-state index is 11.2. The molecule has 1 fully saturated rings. The van der Waals surface area contributed by atoms with Gasteiger partial charge in [-0.15, -0.1) is 0 Å². The first-order chi connectivity index (χ1) is 8.58. The second-order valence-corrected chi connectivity index (χ2v) is 4.95. The molecule has 1 aliphatic heterocycles. The molecule has 1 aliphatic rings. The number of piperidine rings is 1. The van der Waals surface area contributed by atoms with Crippen molar-refractivity contribution in [3.63, 3.8) is 0 Å². The summed E-state index contributed by atoms with van der Waals surface area (Å²) in [5, 5.41) is 9.36. The lowest BCUT2D eigenvalue weighted by Crippen LogP contribution is -2.35. The first-order valence-corrected chi connectivity index (χ1v) is 6.32. The van der Waals surface area contributed by atoms with E-state index in [1.807, 2.05) is 0 Å². The average Bonchev–Trinajstić information content (AvgIpc) is 2.32. The molecular weight excluding hydrogens is 254 g/mol. The molecule has 0 saturated carbocycles. The molecule has 4 nitrogen and oxygen atoms in total. The van der Waals surface area contributed by atoms with E-state index in [1.54, 1.807) is 18.2 Å². The highest BCUT2D eigenvalue weighted by Crippen LogP contribution is 2.28. The molecule has 0 spiro atoms. The molecule has 0 atom stereocenters. The molecule has 1 heterocycles. The Bertz CT molecular complexity index is 442. The molecular formula is C13H16ClNO3. The quantitative estimate of drug-likeness (QED) is 0.916. The number of likely N-dealkylation sites (tertiary alicyclic amines) is 1. The van der Waals surface area contributed by atoms with Crippen LogP contribution in [0.25, 0.3) is 0 Å². The van der Waals surface area contributed by atoms with Gasteiger partial charge in [-0.05, 0) is 32.0 Å². The maximum Gasteiger partial charge on any atom is 0.341 e. The van der Waals surface area contributed by atoms with Crippen LogP contribution in [0.5, 0.6) is 5.75 Å². The van der Waals surface area contributed by atoms with E-state index in [2.05, 4.69) is 11.9 Å². The summed E-state index contributed by atoms with van der Waals surface area (Å²) in [5.41, 5.74) is 0.0538. The number of nitrogens with zero attached hydrogens (tertiary/aromatic N) is 1. The smallest absolute Gasteiger partial charge is 0.341 e. The number of hydrogen-bond donors (Lipinski definition) is 1. The molecule has 2 rings (SSSR count). The molecule has 0 aromatic heterocycles. The third-order valence-electron chi connectivity index (χ3n) is 3.15. The van der Waals surface area contributed by atoms with Crippen molar-refractivity contribution in [2.75, 3.05) is 20.1 Å². The molecule has 0 unspecified atom stereocenters. The Hall–Kier alpha value is -1.26. The van der Waals surface area contributed by atoms with Crippen LogP contribution in [-0.2, 0) is 0 Å². The van der Waals surface area contributed by atoms with Crippen molar-refractivity contribution in [2.24, 2.45) is 0 Å². The highest BCUT2D eigenvalue weighted by molar-refractivity contribution is 6.33. The Balaban J connectivity index is 2.14. The standard InChI is InChI=1S/C13H16ClNO3/c1-15-7-5-9(6-8-15)18-11-4-2-3-10(14)12(11)13(16)17/h2-4,9H,5-8H2,1H3,(H,16,17). The van der Waals surface area contributed by atoms with Gasteiger partial charge in [0, 0.05) is 13.1 Å². The highest BCUT2D eigenvalue weighted by atomic mass is 35.5. The van der Waals surface area contributed by atoms with Crippen LogP contribution < -0.4 is 4.74 Å². The molecule has 0 bridgehead atoms. The van der Waals surface area contributed by atoms with Gasteiger partial charge in [0.15, 0.2) is 0 Å². The van der Waals surface area contributed by atoms with E-state index in [-0.39, 0.29) is 16.7 Å². The largest absolute Gasteiger partial charge is 0.489 e. The molecule has 0 aliphatic carbocycles. The highest BCUT2D eigenvalue weighted by Gasteiger charge is 2.22. The topological polar surface area (TPSA) is 49.8 Å². The van der Waals surface area contributed by atoms with Crippen molar-refractivity contribution < 1.29 is 14.6 Å². The van der Waals surface area contributed by atoms with Crippen molar-refractivity contribution in [3.8, 4) is 5.75 Å². The number of ether oxygens (including phenoxy) is 1. The molecule has 18 heavy (non-hydrogen) atoms. The number of hydrogen-bond acceptors (Lipinski definition) is 3. The summed E-state index contributed by atoms with van der Waals surface area (Å²) in [6.07, 6.45) is 1.88. The van der Waals surface area contributed by atoms with Gasteiger partial charge in [-0.2, -0.15) is 0 Å². The van der Waals surface area contributed by atoms with Gasteiger partial charge in [-0.25, -0.2) is 4.79 Å². The summed E-state index contributed by atoms with van der Waals surface area (Å²) in [4.78, 5) is 13.4. The number of carboxylic acids is 1. The normalized spacial score (nSPS) is 17.7. The van der Waals surface area contributed by atoms with E-state index in [0.717, 1.165) is 25.9 Å². The minimum absolute atomic E-state index is 0.0538. The van der Waals surface area contributed by atoms with Crippen molar-refractivity contribution in [1.82, 2.24) is 4.90 Å².